The molecule has 0 radical (unpaired) electrons. The summed E-state index contributed by atoms with van der Waals surface area (Å²) >= 11 is 0. The number of hydrogen-bond acceptors (Lipinski definition) is 5. The van der Waals surface area contributed by atoms with Gasteiger partial charge in [-0.25, -0.2) is 0 Å². The number of pyridine rings is 1. The van der Waals surface area contributed by atoms with Gasteiger partial charge in [-0.05, 0) is 107 Å². The fourth-order valence-corrected chi connectivity index (χ4v) is 5.48. The summed E-state index contributed by atoms with van der Waals surface area (Å²) in [6.07, 6.45) is 1.92. The van der Waals surface area contributed by atoms with Crippen molar-refractivity contribution in [2.45, 2.75) is 73.0 Å². The summed E-state index contributed by atoms with van der Waals surface area (Å²) in [5, 5.41) is 6.46. The Bertz CT molecular complexity index is 1360. The van der Waals surface area contributed by atoms with Crippen molar-refractivity contribution in [1.29, 1.82) is 0 Å². The molecule has 0 spiro atoms. The summed E-state index contributed by atoms with van der Waals surface area (Å²) in [6, 6.07) is 15.2. The average Bonchev–Trinajstić information content (AvgIpc) is 2.90. The van der Waals surface area contributed by atoms with Gasteiger partial charge in [0.15, 0.2) is 0 Å². The van der Waals surface area contributed by atoms with Gasteiger partial charge in [-0.1, -0.05) is 12.1 Å². The predicted octanol–water partition coefficient (Wildman–Crippen LogP) is 5.72. The number of nitrogens with one attached hydrogen (secondary N) is 3. The molecule has 1 aromatic heterocycles. The highest BCUT2D eigenvalue weighted by Crippen LogP contribution is 2.34. The number of rotatable bonds is 9. The molecular formula is C32H42N4O3. The molecule has 0 atom stereocenters. The standard InChI is InChI=1S/C32H42N4O3/c1-7-36(27-12-14-39-15-13-27)30-18-25(24-8-10-26(11-9-24)34-20(2)3)17-28(23(30)6)31(37)33-19-29-21(4)16-22(5)35-32(29)38/h8-11,16-18,20,27,34H,7,12-15,19H2,1-6H3,(H,33,37)(H,35,38). The van der Waals surface area contributed by atoms with Crippen LogP contribution in [0.4, 0.5) is 11.4 Å². The number of amides is 1. The first kappa shape index (κ1) is 28.4. The Hall–Kier alpha value is -3.58. The van der Waals surface area contributed by atoms with Crippen LogP contribution < -0.4 is 21.1 Å². The van der Waals surface area contributed by atoms with Crippen LogP contribution >= 0.6 is 0 Å². The smallest absolute Gasteiger partial charge is 0.253 e. The number of hydrogen-bond donors (Lipinski definition) is 3. The van der Waals surface area contributed by atoms with E-state index >= 15 is 0 Å². The lowest BCUT2D eigenvalue weighted by molar-refractivity contribution is 0.0846. The first-order valence-electron chi connectivity index (χ1n) is 14.0. The van der Waals surface area contributed by atoms with E-state index in [4.69, 9.17) is 4.74 Å². The molecule has 0 unspecified atom stereocenters. The summed E-state index contributed by atoms with van der Waals surface area (Å²) in [5.74, 6) is -0.184. The second-order valence-corrected chi connectivity index (χ2v) is 10.8. The maximum atomic E-state index is 13.7. The molecule has 7 nitrogen and oxygen atoms in total. The molecule has 2 aromatic carbocycles. The van der Waals surface area contributed by atoms with Gasteiger partial charge in [0.1, 0.15) is 0 Å². The third-order valence-corrected chi connectivity index (χ3v) is 7.50. The number of aromatic amines is 1. The predicted molar refractivity (Wildman–Crippen MR) is 160 cm³/mol. The maximum absolute atomic E-state index is 13.7. The SMILES string of the molecule is CCN(c1cc(-c2ccc(NC(C)C)cc2)cc(C(=O)NCc2c(C)cc(C)[nH]c2=O)c1C)C1CCOCC1. The Labute approximate surface area is 232 Å². The van der Waals surface area contributed by atoms with Crippen LogP contribution in [0.1, 0.15) is 66.4 Å². The minimum Gasteiger partial charge on any atom is -0.383 e. The van der Waals surface area contributed by atoms with Gasteiger partial charge >= 0.3 is 0 Å². The summed E-state index contributed by atoms with van der Waals surface area (Å²) in [5.41, 5.74) is 7.84. The zero-order chi connectivity index (χ0) is 28.1. The molecule has 39 heavy (non-hydrogen) atoms. The molecule has 0 saturated carbocycles. The lowest BCUT2D eigenvalue weighted by Gasteiger charge is -2.37. The van der Waals surface area contributed by atoms with Gasteiger partial charge in [-0.15, -0.1) is 0 Å². The van der Waals surface area contributed by atoms with Crippen molar-refractivity contribution in [3.05, 3.63) is 80.8 Å². The molecule has 1 aliphatic rings. The third kappa shape index (κ3) is 6.71. The molecule has 1 amide bonds. The van der Waals surface area contributed by atoms with Crippen LogP contribution in [0.3, 0.4) is 0 Å². The zero-order valence-electron chi connectivity index (χ0n) is 24.1. The van der Waals surface area contributed by atoms with Crippen molar-refractivity contribution < 1.29 is 9.53 Å². The third-order valence-electron chi connectivity index (χ3n) is 7.50. The van der Waals surface area contributed by atoms with Crippen LogP contribution in [0.15, 0.2) is 47.3 Å². The molecule has 0 bridgehead atoms. The van der Waals surface area contributed by atoms with Gasteiger partial charge in [0.05, 0.1) is 0 Å². The van der Waals surface area contributed by atoms with Gasteiger partial charge in [0.2, 0.25) is 0 Å². The van der Waals surface area contributed by atoms with Gasteiger partial charge in [-0.3, -0.25) is 9.59 Å². The monoisotopic (exact) mass is 530 g/mol. The molecule has 4 rings (SSSR count). The van der Waals surface area contributed by atoms with Crippen molar-refractivity contribution in [2.24, 2.45) is 0 Å². The molecule has 3 N–H and O–H groups in total. The summed E-state index contributed by atoms with van der Waals surface area (Å²) < 4.78 is 5.63. The van der Waals surface area contributed by atoms with E-state index < -0.39 is 0 Å². The molecule has 0 aliphatic carbocycles. The van der Waals surface area contributed by atoms with E-state index in [1.54, 1.807) is 0 Å². The second-order valence-electron chi connectivity index (χ2n) is 10.8. The van der Waals surface area contributed by atoms with Crippen molar-refractivity contribution in [3.8, 4) is 11.1 Å². The molecule has 1 aliphatic heterocycles. The molecule has 2 heterocycles. The summed E-state index contributed by atoms with van der Waals surface area (Å²) in [6.45, 7) is 14.7. The van der Waals surface area contributed by atoms with E-state index in [1.165, 1.54) is 0 Å². The number of ether oxygens (including phenoxy) is 1. The lowest BCUT2D eigenvalue weighted by Crippen LogP contribution is -2.40. The minimum atomic E-state index is -0.184. The van der Waals surface area contributed by atoms with E-state index in [0.29, 0.717) is 23.2 Å². The fourth-order valence-electron chi connectivity index (χ4n) is 5.48. The highest BCUT2D eigenvalue weighted by molar-refractivity contribution is 5.99. The first-order chi connectivity index (χ1) is 18.7. The van der Waals surface area contributed by atoms with Crippen molar-refractivity contribution in [2.75, 3.05) is 30.0 Å². The highest BCUT2D eigenvalue weighted by atomic mass is 16.5. The lowest BCUT2D eigenvalue weighted by atomic mass is 9.95. The largest absolute Gasteiger partial charge is 0.383 e. The molecule has 1 fully saturated rings. The van der Waals surface area contributed by atoms with Crippen molar-refractivity contribution in [1.82, 2.24) is 10.3 Å². The first-order valence-corrected chi connectivity index (χ1v) is 14.0. The zero-order valence-corrected chi connectivity index (χ0v) is 24.1. The van der Waals surface area contributed by atoms with Crippen LogP contribution in [0.2, 0.25) is 0 Å². The summed E-state index contributed by atoms with van der Waals surface area (Å²) in [4.78, 5) is 31.5. The number of nitrogens with zero attached hydrogens (tertiary/aromatic N) is 1. The minimum absolute atomic E-state index is 0.161. The molecule has 3 aromatic rings. The van der Waals surface area contributed by atoms with Crippen molar-refractivity contribution >= 4 is 17.3 Å². The van der Waals surface area contributed by atoms with E-state index in [2.05, 4.69) is 71.6 Å². The Morgan fingerprint density at radius 1 is 1.05 bits per heavy atom. The van der Waals surface area contributed by atoms with E-state index in [0.717, 1.165) is 71.9 Å². The van der Waals surface area contributed by atoms with Crippen LogP contribution in [0.25, 0.3) is 11.1 Å². The Balaban J connectivity index is 1.72. The van der Waals surface area contributed by atoms with E-state index in [-0.39, 0.29) is 18.0 Å². The van der Waals surface area contributed by atoms with Gasteiger partial charge in [0, 0.05) is 66.6 Å². The molecule has 208 valence electrons. The topological polar surface area (TPSA) is 86.5 Å². The Morgan fingerprint density at radius 2 is 1.74 bits per heavy atom. The number of aryl methyl sites for hydroxylation is 2. The number of H-pyrrole nitrogens is 1. The maximum Gasteiger partial charge on any atom is 0.253 e. The number of carbonyl (C=O) groups excluding carboxylic acids is 1. The van der Waals surface area contributed by atoms with Crippen LogP contribution in [0, 0.1) is 20.8 Å². The van der Waals surface area contributed by atoms with Crippen molar-refractivity contribution in [3.63, 3.8) is 0 Å². The highest BCUT2D eigenvalue weighted by Gasteiger charge is 2.25. The van der Waals surface area contributed by atoms with E-state index in [1.807, 2.05) is 32.9 Å². The number of benzene rings is 2. The van der Waals surface area contributed by atoms with Crippen LogP contribution in [0.5, 0.6) is 0 Å². The van der Waals surface area contributed by atoms with E-state index in [9.17, 15) is 9.59 Å². The molecule has 1 saturated heterocycles. The number of anilines is 2. The van der Waals surface area contributed by atoms with Gasteiger partial charge in [0.25, 0.3) is 11.5 Å². The van der Waals surface area contributed by atoms with Crippen LogP contribution in [-0.2, 0) is 11.3 Å². The molecule has 7 heteroatoms. The second kappa shape index (κ2) is 12.5. The molecular weight excluding hydrogens is 488 g/mol. The fraction of sp³-hybridized carbons (Fsp3) is 0.438. The van der Waals surface area contributed by atoms with Crippen LogP contribution in [-0.4, -0.2) is 42.7 Å². The Kier molecular flexibility index (Phi) is 9.12. The van der Waals surface area contributed by atoms with Gasteiger partial charge in [-0.2, -0.15) is 0 Å². The number of carbonyl (C=O) groups is 1. The van der Waals surface area contributed by atoms with Gasteiger partial charge < -0.3 is 25.3 Å². The number of aromatic nitrogens is 1. The quantitative estimate of drug-likeness (QED) is 0.329. The Morgan fingerprint density at radius 3 is 2.36 bits per heavy atom. The summed E-state index contributed by atoms with van der Waals surface area (Å²) in [7, 11) is 0. The normalized spacial score (nSPS) is 13.9. The average molecular weight is 531 g/mol.